The summed E-state index contributed by atoms with van der Waals surface area (Å²) in [5.74, 6) is 0.0565. The van der Waals surface area contributed by atoms with Crippen LogP contribution >= 0.6 is 11.8 Å². The number of β-amino-alcohol motifs (C(OH)–C–C–N with tert-alkyl or cyclic N) is 1. The Morgan fingerprint density at radius 3 is 2.45 bits per heavy atom. The van der Waals surface area contributed by atoms with E-state index in [1.165, 1.54) is 12.1 Å². The number of anilines is 1. The number of rotatable bonds is 10. The number of benzene rings is 2. The van der Waals surface area contributed by atoms with Crippen LogP contribution in [0, 0.1) is 0 Å². The van der Waals surface area contributed by atoms with E-state index < -0.39 is 17.8 Å². The molecule has 4 heterocycles. The van der Waals surface area contributed by atoms with E-state index in [2.05, 4.69) is 21.6 Å². The molecule has 0 spiro atoms. The van der Waals surface area contributed by atoms with Gasteiger partial charge in [0.2, 0.25) is 5.91 Å². The third-order valence-electron chi connectivity index (χ3n) is 9.45. The predicted molar refractivity (Wildman–Crippen MR) is 177 cm³/mol. The SMILES string of the molecule is CCN1CCc2c(c(-c3ccc(C(F)(F)F)c(SCC(=O)N4CCCC4)c3)nn2CC(O)CN2CCN(c3cccc(O)c3)CC2)C1. The molecule has 2 saturated heterocycles. The number of likely N-dealkylation sites (N-methyl/N-ethyl adjacent to an activating group) is 1. The summed E-state index contributed by atoms with van der Waals surface area (Å²) in [6.45, 7) is 9.58. The van der Waals surface area contributed by atoms with Crippen LogP contribution in [0.5, 0.6) is 5.75 Å². The summed E-state index contributed by atoms with van der Waals surface area (Å²) in [7, 11) is 0. The highest BCUT2D eigenvalue weighted by molar-refractivity contribution is 8.00. The maximum atomic E-state index is 14.1. The first-order valence-corrected chi connectivity index (χ1v) is 17.4. The van der Waals surface area contributed by atoms with Gasteiger partial charge in [-0.25, -0.2) is 0 Å². The molecule has 3 aliphatic rings. The minimum Gasteiger partial charge on any atom is -0.508 e. The van der Waals surface area contributed by atoms with Gasteiger partial charge in [-0.3, -0.25) is 19.3 Å². The van der Waals surface area contributed by atoms with Crippen LogP contribution in [0.25, 0.3) is 11.3 Å². The highest BCUT2D eigenvalue weighted by atomic mass is 32.2. The van der Waals surface area contributed by atoms with Crippen LogP contribution < -0.4 is 4.90 Å². The topological polar surface area (TPSA) is 88.3 Å². The number of hydrogen-bond donors (Lipinski definition) is 2. The Balaban J connectivity index is 1.19. The number of carbonyl (C=O) groups excluding carboxylic acids is 1. The molecule has 6 rings (SSSR count). The minimum absolute atomic E-state index is 0.0268. The first-order valence-electron chi connectivity index (χ1n) is 16.5. The van der Waals surface area contributed by atoms with Crippen molar-refractivity contribution in [3.63, 3.8) is 0 Å². The highest BCUT2D eigenvalue weighted by Gasteiger charge is 2.35. The Hall–Kier alpha value is -3.26. The zero-order valence-electron chi connectivity index (χ0n) is 26.8. The number of aromatic nitrogens is 2. The fourth-order valence-electron chi connectivity index (χ4n) is 6.85. The molecular weight excluding hydrogens is 629 g/mol. The highest BCUT2D eigenvalue weighted by Crippen LogP contribution is 2.40. The number of hydrogen-bond acceptors (Lipinski definition) is 8. The van der Waals surface area contributed by atoms with E-state index in [-0.39, 0.29) is 28.8 Å². The Morgan fingerprint density at radius 2 is 1.74 bits per heavy atom. The van der Waals surface area contributed by atoms with Crippen molar-refractivity contribution in [1.82, 2.24) is 24.5 Å². The average Bonchev–Trinajstić information content (AvgIpc) is 3.72. The number of amides is 1. The molecule has 47 heavy (non-hydrogen) atoms. The third-order valence-corrected chi connectivity index (χ3v) is 10.5. The number of nitrogens with zero attached hydrogens (tertiary/aromatic N) is 6. The van der Waals surface area contributed by atoms with E-state index in [1.807, 2.05) is 16.8 Å². The van der Waals surface area contributed by atoms with E-state index in [0.717, 1.165) is 93.3 Å². The molecule has 0 bridgehead atoms. The number of likely N-dealkylation sites (tertiary alicyclic amines) is 1. The first kappa shape index (κ1) is 33.6. The Labute approximate surface area is 277 Å². The number of alkyl halides is 3. The van der Waals surface area contributed by atoms with Gasteiger partial charge in [-0.15, -0.1) is 11.8 Å². The lowest BCUT2D eigenvalue weighted by molar-refractivity contribution is -0.139. The Kier molecular flexibility index (Phi) is 10.4. The van der Waals surface area contributed by atoms with E-state index in [9.17, 15) is 28.2 Å². The van der Waals surface area contributed by atoms with Gasteiger partial charge in [0, 0.05) is 98.8 Å². The van der Waals surface area contributed by atoms with E-state index in [1.54, 1.807) is 17.0 Å². The molecule has 3 aromatic rings. The molecule has 1 amide bonds. The number of carbonyl (C=O) groups is 1. The molecule has 254 valence electrons. The Morgan fingerprint density at radius 1 is 0.979 bits per heavy atom. The van der Waals surface area contributed by atoms with Crippen LogP contribution in [0.1, 0.15) is 36.6 Å². The molecule has 0 aliphatic carbocycles. The fourth-order valence-corrected chi connectivity index (χ4v) is 7.86. The molecule has 0 saturated carbocycles. The van der Waals surface area contributed by atoms with Crippen molar-refractivity contribution in [2.24, 2.45) is 0 Å². The quantitative estimate of drug-likeness (QED) is 0.304. The van der Waals surface area contributed by atoms with Gasteiger partial charge >= 0.3 is 6.18 Å². The number of phenols is 1. The number of thioether (sulfide) groups is 1. The lowest BCUT2D eigenvalue weighted by atomic mass is 10.00. The molecular formula is C34H43F3N6O3S. The normalized spacial score (nSPS) is 18.5. The summed E-state index contributed by atoms with van der Waals surface area (Å²) in [5, 5.41) is 26.0. The van der Waals surface area contributed by atoms with Crippen molar-refractivity contribution in [3.8, 4) is 17.0 Å². The van der Waals surface area contributed by atoms with Crippen molar-refractivity contribution < 1.29 is 28.2 Å². The molecule has 2 N–H and O–H groups in total. The maximum Gasteiger partial charge on any atom is 0.417 e. The second-order valence-corrected chi connectivity index (χ2v) is 13.6. The standard InChI is InChI=1S/C34H43F3N6O3S/c1-2-39-13-10-30-28(22-39)33(24-8-9-29(34(35,36)37)31(18-24)47-23-32(46)42-11-3-4-12-42)38-43(30)21-27(45)20-40-14-16-41(17-15-40)25-6-5-7-26(44)19-25/h5-9,18-19,27,44-45H,2-4,10-17,20-23H2,1H3. The molecule has 13 heteroatoms. The number of piperazine rings is 1. The van der Waals surface area contributed by atoms with Crippen LogP contribution in [0.4, 0.5) is 18.9 Å². The monoisotopic (exact) mass is 672 g/mol. The number of halogens is 3. The number of phenolic OH excluding ortho intramolecular Hbond substituents is 1. The van der Waals surface area contributed by atoms with Crippen LogP contribution in [0.3, 0.4) is 0 Å². The molecule has 2 aromatic carbocycles. The number of aliphatic hydroxyl groups excluding tert-OH is 1. The van der Waals surface area contributed by atoms with Crippen LogP contribution in [-0.2, 0) is 30.5 Å². The second-order valence-electron chi connectivity index (χ2n) is 12.6. The largest absolute Gasteiger partial charge is 0.508 e. The van der Waals surface area contributed by atoms with E-state index >= 15 is 0 Å². The molecule has 2 fully saturated rings. The summed E-state index contributed by atoms with van der Waals surface area (Å²) in [6, 6.07) is 11.4. The molecule has 1 unspecified atom stereocenters. The molecule has 9 nitrogen and oxygen atoms in total. The maximum absolute atomic E-state index is 14.1. The minimum atomic E-state index is -4.55. The van der Waals surface area contributed by atoms with Gasteiger partial charge < -0.3 is 20.0 Å². The van der Waals surface area contributed by atoms with Gasteiger partial charge in [-0.05, 0) is 43.7 Å². The molecule has 1 atom stereocenters. The zero-order chi connectivity index (χ0) is 33.1. The smallest absolute Gasteiger partial charge is 0.417 e. The molecule has 1 aromatic heterocycles. The lowest BCUT2D eigenvalue weighted by Gasteiger charge is -2.37. The number of fused-ring (bicyclic) bond motifs is 1. The average molecular weight is 673 g/mol. The van der Waals surface area contributed by atoms with E-state index in [4.69, 9.17) is 5.10 Å². The van der Waals surface area contributed by atoms with Crippen LogP contribution in [-0.4, -0.2) is 111 Å². The van der Waals surface area contributed by atoms with Gasteiger partial charge in [0.05, 0.1) is 29.7 Å². The second kappa shape index (κ2) is 14.5. The summed E-state index contributed by atoms with van der Waals surface area (Å²) in [6.07, 6.45) is -2.65. The predicted octanol–water partition coefficient (Wildman–Crippen LogP) is 4.55. The summed E-state index contributed by atoms with van der Waals surface area (Å²) in [4.78, 5) is 21.2. The summed E-state index contributed by atoms with van der Waals surface area (Å²) < 4.78 is 44.0. The number of aromatic hydroxyl groups is 1. The van der Waals surface area contributed by atoms with Gasteiger partial charge in [0.15, 0.2) is 0 Å². The molecule has 3 aliphatic heterocycles. The van der Waals surface area contributed by atoms with Crippen molar-refractivity contribution in [2.45, 2.75) is 56.5 Å². The van der Waals surface area contributed by atoms with Crippen molar-refractivity contribution in [3.05, 3.63) is 59.3 Å². The van der Waals surface area contributed by atoms with Gasteiger partial charge in [-0.1, -0.05) is 19.1 Å². The zero-order valence-corrected chi connectivity index (χ0v) is 27.6. The summed E-state index contributed by atoms with van der Waals surface area (Å²) in [5.41, 5.74) is 3.43. The van der Waals surface area contributed by atoms with Crippen LogP contribution in [0.15, 0.2) is 47.4 Å². The number of aliphatic hydroxyl groups is 1. The van der Waals surface area contributed by atoms with Crippen molar-refractivity contribution in [1.29, 1.82) is 0 Å². The third kappa shape index (κ3) is 7.90. The van der Waals surface area contributed by atoms with Gasteiger partial charge in [0.25, 0.3) is 0 Å². The molecule has 0 radical (unpaired) electrons. The fraction of sp³-hybridized carbons (Fsp3) is 0.529. The first-order chi connectivity index (χ1) is 22.6. The van der Waals surface area contributed by atoms with Crippen LogP contribution in [0.2, 0.25) is 0 Å². The van der Waals surface area contributed by atoms with Crippen molar-refractivity contribution >= 4 is 23.4 Å². The van der Waals surface area contributed by atoms with Gasteiger partial charge in [-0.2, -0.15) is 18.3 Å². The van der Waals surface area contributed by atoms with E-state index in [0.29, 0.717) is 37.4 Å². The lowest BCUT2D eigenvalue weighted by Crippen LogP contribution is -2.49. The van der Waals surface area contributed by atoms with Gasteiger partial charge in [0.1, 0.15) is 5.75 Å². The summed E-state index contributed by atoms with van der Waals surface area (Å²) >= 11 is 0.939. The van der Waals surface area contributed by atoms with Crippen molar-refractivity contribution in [2.75, 3.05) is 69.6 Å². The Bertz CT molecular complexity index is 1550.